The molecular formula is C21H23N3O4S. The highest BCUT2D eigenvalue weighted by Gasteiger charge is 2.22. The number of aromatic nitrogens is 1. The first-order valence-corrected chi connectivity index (χ1v) is 10.7. The van der Waals surface area contributed by atoms with Crippen molar-refractivity contribution in [3.05, 3.63) is 59.3 Å². The van der Waals surface area contributed by atoms with Crippen molar-refractivity contribution >= 4 is 27.5 Å². The van der Waals surface area contributed by atoms with Crippen LogP contribution in [0, 0.1) is 13.8 Å². The minimum absolute atomic E-state index is 0.143. The summed E-state index contributed by atoms with van der Waals surface area (Å²) >= 11 is 0. The van der Waals surface area contributed by atoms with E-state index in [9.17, 15) is 13.2 Å². The Balaban J connectivity index is 2.01. The second-order valence-electron chi connectivity index (χ2n) is 6.79. The lowest BCUT2D eigenvalue weighted by atomic mass is 10.0. The lowest BCUT2D eigenvalue weighted by Gasteiger charge is -2.13. The Bertz CT molecular complexity index is 1150. The van der Waals surface area contributed by atoms with E-state index >= 15 is 0 Å². The normalized spacial score (nSPS) is 11.3. The quantitative estimate of drug-likeness (QED) is 0.628. The number of nitrogens with one attached hydrogen (secondary N) is 2. The summed E-state index contributed by atoms with van der Waals surface area (Å²) in [6.45, 7) is 6.86. The molecule has 0 atom stereocenters. The van der Waals surface area contributed by atoms with Gasteiger partial charge in [-0.2, -0.15) is 0 Å². The Morgan fingerprint density at radius 2 is 1.79 bits per heavy atom. The number of carbonyl (C=O) groups excluding carboxylic acids is 1. The van der Waals surface area contributed by atoms with E-state index in [2.05, 4.69) is 15.2 Å². The highest BCUT2D eigenvalue weighted by Crippen LogP contribution is 2.34. The molecule has 0 bridgehead atoms. The predicted molar refractivity (Wildman–Crippen MR) is 112 cm³/mol. The van der Waals surface area contributed by atoms with Gasteiger partial charge in [0.2, 0.25) is 11.8 Å². The van der Waals surface area contributed by atoms with Crippen molar-refractivity contribution in [3.63, 3.8) is 0 Å². The van der Waals surface area contributed by atoms with Gasteiger partial charge in [0.1, 0.15) is 0 Å². The summed E-state index contributed by atoms with van der Waals surface area (Å²) in [4.78, 5) is 11.6. The second-order valence-corrected chi connectivity index (χ2v) is 8.44. The molecule has 0 spiro atoms. The molecule has 1 aromatic heterocycles. The molecule has 2 aromatic carbocycles. The average Bonchev–Trinajstić information content (AvgIpc) is 3.02. The fourth-order valence-electron chi connectivity index (χ4n) is 3.02. The van der Waals surface area contributed by atoms with Crippen LogP contribution in [0.15, 0.2) is 51.9 Å². The largest absolute Gasteiger partial charge is 0.337 e. The minimum atomic E-state index is -3.81. The Kier molecular flexibility index (Phi) is 5.74. The van der Waals surface area contributed by atoms with E-state index in [1.165, 1.54) is 6.92 Å². The molecule has 1 amide bonds. The van der Waals surface area contributed by atoms with E-state index in [4.69, 9.17) is 4.52 Å². The average molecular weight is 413 g/mol. The SMILES string of the molecule is CCc1ccc(NS(=O)(=O)c2cc(-c3c(C)noc3NC(C)=O)ccc2C)cc1. The number of hydrogen-bond acceptors (Lipinski definition) is 5. The first-order chi connectivity index (χ1) is 13.7. The summed E-state index contributed by atoms with van der Waals surface area (Å²) < 4.78 is 33.9. The highest BCUT2D eigenvalue weighted by atomic mass is 32.2. The Labute approximate surface area is 170 Å². The summed E-state index contributed by atoms with van der Waals surface area (Å²) in [5.74, 6) is -0.120. The van der Waals surface area contributed by atoms with Crippen LogP contribution in [0.2, 0.25) is 0 Å². The molecule has 29 heavy (non-hydrogen) atoms. The number of anilines is 2. The molecule has 0 fully saturated rings. The maximum atomic E-state index is 13.0. The standard InChI is InChI=1S/C21H23N3O4S/c1-5-16-7-10-18(11-8-16)24-29(26,27)19-12-17(9-6-13(19)2)20-14(3)23-28-21(20)22-15(4)25/h6-12,24H,5H2,1-4H3,(H,22,25). The lowest BCUT2D eigenvalue weighted by molar-refractivity contribution is -0.114. The van der Waals surface area contributed by atoms with Crippen LogP contribution in [0.1, 0.15) is 30.7 Å². The zero-order valence-corrected chi connectivity index (χ0v) is 17.6. The van der Waals surface area contributed by atoms with Crippen molar-refractivity contribution in [2.75, 3.05) is 10.0 Å². The number of rotatable bonds is 6. The van der Waals surface area contributed by atoms with E-state index in [1.54, 1.807) is 44.2 Å². The van der Waals surface area contributed by atoms with E-state index in [0.29, 0.717) is 28.1 Å². The summed E-state index contributed by atoms with van der Waals surface area (Å²) in [5.41, 5.74) is 3.89. The van der Waals surface area contributed by atoms with Gasteiger partial charge in [0.25, 0.3) is 10.0 Å². The van der Waals surface area contributed by atoms with Gasteiger partial charge in [0, 0.05) is 12.6 Å². The van der Waals surface area contributed by atoms with Crippen LogP contribution < -0.4 is 10.0 Å². The van der Waals surface area contributed by atoms with E-state index in [1.807, 2.05) is 19.1 Å². The first kappa shape index (κ1) is 20.6. The second kappa shape index (κ2) is 8.08. The molecular weight excluding hydrogens is 390 g/mol. The van der Waals surface area contributed by atoms with E-state index in [-0.39, 0.29) is 16.7 Å². The molecule has 7 nitrogen and oxygen atoms in total. The molecule has 0 aliphatic heterocycles. The number of amides is 1. The van der Waals surface area contributed by atoms with Crippen LogP contribution in [-0.2, 0) is 21.2 Å². The van der Waals surface area contributed by atoms with Gasteiger partial charge < -0.3 is 4.52 Å². The number of nitrogens with zero attached hydrogens (tertiary/aromatic N) is 1. The number of carbonyl (C=O) groups is 1. The molecule has 1 heterocycles. The van der Waals surface area contributed by atoms with Crippen LogP contribution in [0.5, 0.6) is 0 Å². The van der Waals surface area contributed by atoms with Gasteiger partial charge in [-0.1, -0.05) is 36.3 Å². The summed E-state index contributed by atoms with van der Waals surface area (Å²) in [7, 11) is -3.81. The lowest BCUT2D eigenvalue weighted by Crippen LogP contribution is -2.14. The molecule has 2 N–H and O–H groups in total. The maximum absolute atomic E-state index is 13.0. The molecule has 3 rings (SSSR count). The summed E-state index contributed by atoms with van der Waals surface area (Å²) in [6, 6.07) is 12.3. The zero-order chi connectivity index (χ0) is 21.2. The fraction of sp³-hybridized carbons (Fsp3) is 0.238. The Morgan fingerprint density at radius 1 is 1.10 bits per heavy atom. The van der Waals surface area contributed by atoms with Gasteiger partial charge in [0.05, 0.1) is 16.2 Å². The van der Waals surface area contributed by atoms with Crippen LogP contribution in [0.25, 0.3) is 11.1 Å². The van der Waals surface area contributed by atoms with Crippen LogP contribution in [0.3, 0.4) is 0 Å². The van der Waals surface area contributed by atoms with Gasteiger partial charge in [0.15, 0.2) is 0 Å². The van der Waals surface area contributed by atoms with E-state index in [0.717, 1.165) is 12.0 Å². The van der Waals surface area contributed by atoms with Crippen molar-refractivity contribution in [1.29, 1.82) is 0 Å². The minimum Gasteiger partial charge on any atom is -0.337 e. The smallest absolute Gasteiger partial charge is 0.262 e. The Hall–Kier alpha value is -3.13. The summed E-state index contributed by atoms with van der Waals surface area (Å²) in [5, 5.41) is 6.47. The summed E-state index contributed by atoms with van der Waals surface area (Å²) in [6.07, 6.45) is 0.878. The topological polar surface area (TPSA) is 101 Å². The van der Waals surface area contributed by atoms with Gasteiger partial charge in [-0.3, -0.25) is 14.8 Å². The Morgan fingerprint density at radius 3 is 2.41 bits per heavy atom. The van der Waals surface area contributed by atoms with Crippen LogP contribution in [-0.4, -0.2) is 19.5 Å². The molecule has 3 aromatic rings. The predicted octanol–water partition coefficient (Wildman–Crippen LogP) is 4.28. The molecule has 0 aliphatic carbocycles. The van der Waals surface area contributed by atoms with Gasteiger partial charge >= 0.3 is 0 Å². The van der Waals surface area contributed by atoms with Crippen molar-refractivity contribution in [2.24, 2.45) is 0 Å². The monoisotopic (exact) mass is 413 g/mol. The number of benzene rings is 2. The maximum Gasteiger partial charge on any atom is 0.262 e. The molecule has 0 unspecified atom stereocenters. The van der Waals surface area contributed by atoms with Crippen molar-refractivity contribution in [1.82, 2.24) is 5.16 Å². The molecule has 0 radical (unpaired) electrons. The van der Waals surface area contributed by atoms with Crippen LogP contribution in [0.4, 0.5) is 11.6 Å². The van der Waals surface area contributed by atoms with Gasteiger partial charge in [-0.15, -0.1) is 0 Å². The fourth-order valence-corrected chi connectivity index (χ4v) is 4.35. The van der Waals surface area contributed by atoms with Crippen molar-refractivity contribution in [2.45, 2.75) is 39.0 Å². The molecule has 0 saturated carbocycles. The number of sulfonamides is 1. The third-order valence-corrected chi connectivity index (χ3v) is 6.06. The first-order valence-electron chi connectivity index (χ1n) is 9.18. The van der Waals surface area contributed by atoms with E-state index < -0.39 is 10.0 Å². The molecule has 8 heteroatoms. The number of hydrogen-bond donors (Lipinski definition) is 2. The van der Waals surface area contributed by atoms with Crippen LogP contribution >= 0.6 is 0 Å². The van der Waals surface area contributed by atoms with Gasteiger partial charge in [-0.25, -0.2) is 8.42 Å². The molecule has 152 valence electrons. The van der Waals surface area contributed by atoms with Gasteiger partial charge in [-0.05, 0) is 55.2 Å². The third-order valence-electron chi connectivity index (χ3n) is 4.53. The van der Waals surface area contributed by atoms with Crippen molar-refractivity contribution < 1.29 is 17.7 Å². The molecule has 0 aliphatic rings. The third kappa shape index (κ3) is 4.48. The number of aryl methyl sites for hydroxylation is 3. The van der Waals surface area contributed by atoms with Crippen molar-refractivity contribution in [3.8, 4) is 11.1 Å². The highest BCUT2D eigenvalue weighted by molar-refractivity contribution is 7.92. The molecule has 0 saturated heterocycles. The zero-order valence-electron chi connectivity index (χ0n) is 16.7.